The minimum absolute atomic E-state index is 0.702. The summed E-state index contributed by atoms with van der Waals surface area (Å²) < 4.78 is 10.4. The van der Waals surface area contributed by atoms with Crippen LogP contribution in [-0.2, 0) is 0 Å². The highest BCUT2D eigenvalue weighted by Crippen LogP contribution is 2.45. The molecule has 48 heavy (non-hydrogen) atoms. The Labute approximate surface area is 276 Å². The van der Waals surface area contributed by atoms with Gasteiger partial charge in [0.15, 0.2) is 12.8 Å². The molecule has 4 aromatic heterocycles. The summed E-state index contributed by atoms with van der Waals surface area (Å²) in [5.41, 5.74) is 11.9. The SMILES string of the molecule is c1ccc(-c2ccccc2-c2ccc3c(-c4ccc(-c5cocn5)nc4)c4ccccc4c(-c4ccc(-c5cocn5)nc4)c3c2)cc1. The van der Waals surface area contributed by atoms with E-state index < -0.39 is 0 Å². The number of nitrogens with zero attached hydrogens (tertiary/aromatic N) is 4. The van der Waals surface area contributed by atoms with Crippen LogP contribution in [0.15, 0.2) is 168 Å². The zero-order chi connectivity index (χ0) is 31.9. The second-order valence-electron chi connectivity index (χ2n) is 11.6. The van der Waals surface area contributed by atoms with E-state index in [1.54, 1.807) is 12.5 Å². The number of fused-ring (bicyclic) bond motifs is 2. The fraction of sp³-hybridized carbons (Fsp3) is 0. The van der Waals surface area contributed by atoms with E-state index in [-0.39, 0.29) is 0 Å². The van der Waals surface area contributed by atoms with Crippen molar-refractivity contribution in [3.63, 3.8) is 0 Å². The maximum Gasteiger partial charge on any atom is 0.181 e. The summed E-state index contributed by atoms with van der Waals surface area (Å²) in [5.74, 6) is 0. The molecule has 5 aromatic carbocycles. The lowest BCUT2D eigenvalue weighted by Gasteiger charge is -2.19. The molecule has 6 nitrogen and oxygen atoms in total. The standard InChI is InChI=1S/C42H26N4O2/c1-2-8-27(9-3-1)31-10-4-5-11-32(31)28-14-17-35-36(20-28)42(30-16-19-38(44-22-30)40-24-48-26-46-40)34-13-7-6-12-33(34)41(35)29-15-18-37(43-21-29)39-23-47-25-45-39/h1-26H. The molecule has 0 N–H and O–H groups in total. The van der Waals surface area contributed by atoms with Crippen LogP contribution in [0, 0.1) is 0 Å². The van der Waals surface area contributed by atoms with E-state index in [1.807, 2.05) is 24.5 Å². The normalized spacial score (nSPS) is 11.3. The van der Waals surface area contributed by atoms with Gasteiger partial charge in [0.05, 0.1) is 11.4 Å². The van der Waals surface area contributed by atoms with Crippen molar-refractivity contribution in [3.05, 3.63) is 159 Å². The van der Waals surface area contributed by atoms with Crippen LogP contribution in [-0.4, -0.2) is 19.9 Å². The van der Waals surface area contributed by atoms with E-state index in [9.17, 15) is 0 Å². The fourth-order valence-electron chi connectivity index (χ4n) is 6.64. The molecule has 0 saturated carbocycles. The van der Waals surface area contributed by atoms with Gasteiger partial charge in [-0.3, -0.25) is 9.97 Å². The summed E-state index contributed by atoms with van der Waals surface area (Å²) in [6.45, 7) is 0. The summed E-state index contributed by atoms with van der Waals surface area (Å²) >= 11 is 0. The average Bonchev–Trinajstić information content (AvgIpc) is 3.91. The second-order valence-corrected chi connectivity index (χ2v) is 11.6. The summed E-state index contributed by atoms with van der Waals surface area (Å²) in [5, 5.41) is 4.51. The largest absolute Gasteiger partial charge is 0.451 e. The molecule has 226 valence electrons. The third-order valence-electron chi connectivity index (χ3n) is 8.84. The molecule has 0 saturated heterocycles. The molecule has 0 radical (unpaired) electrons. The van der Waals surface area contributed by atoms with Crippen molar-refractivity contribution in [3.8, 4) is 67.3 Å². The van der Waals surface area contributed by atoms with Crippen LogP contribution in [0.4, 0.5) is 0 Å². The van der Waals surface area contributed by atoms with Gasteiger partial charge >= 0.3 is 0 Å². The number of pyridine rings is 2. The first-order valence-electron chi connectivity index (χ1n) is 15.6. The molecule has 0 fully saturated rings. The molecule has 0 aliphatic rings. The Bertz CT molecular complexity index is 2520. The van der Waals surface area contributed by atoms with Gasteiger partial charge in [-0.15, -0.1) is 0 Å². The van der Waals surface area contributed by atoms with Crippen molar-refractivity contribution in [1.82, 2.24) is 19.9 Å². The minimum Gasteiger partial charge on any atom is -0.451 e. The molecule has 6 heteroatoms. The average molecular weight is 619 g/mol. The molecule has 0 atom stereocenters. The summed E-state index contributed by atoms with van der Waals surface area (Å²) in [6.07, 6.45) is 9.93. The molecule has 0 spiro atoms. The lowest BCUT2D eigenvalue weighted by atomic mass is 9.84. The van der Waals surface area contributed by atoms with E-state index in [1.165, 1.54) is 29.5 Å². The Morgan fingerprint density at radius 1 is 0.354 bits per heavy atom. The van der Waals surface area contributed by atoms with Gasteiger partial charge in [0.2, 0.25) is 0 Å². The predicted octanol–water partition coefficient (Wildman–Crippen LogP) is 10.8. The van der Waals surface area contributed by atoms with Gasteiger partial charge in [0.1, 0.15) is 23.9 Å². The van der Waals surface area contributed by atoms with E-state index in [4.69, 9.17) is 18.8 Å². The topological polar surface area (TPSA) is 77.8 Å². The van der Waals surface area contributed by atoms with Crippen molar-refractivity contribution in [1.29, 1.82) is 0 Å². The van der Waals surface area contributed by atoms with E-state index in [0.717, 1.165) is 60.8 Å². The van der Waals surface area contributed by atoms with Crippen LogP contribution < -0.4 is 0 Å². The van der Waals surface area contributed by atoms with E-state index >= 15 is 0 Å². The molecule has 9 rings (SSSR count). The highest BCUT2D eigenvalue weighted by Gasteiger charge is 2.19. The van der Waals surface area contributed by atoms with Gasteiger partial charge in [-0.1, -0.05) is 103 Å². The van der Waals surface area contributed by atoms with Gasteiger partial charge in [-0.2, -0.15) is 0 Å². The van der Waals surface area contributed by atoms with Gasteiger partial charge in [-0.05, 0) is 73.1 Å². The smallest absolute Gasteiger partial charge is 0.181 e. The third kappa shape index (κ3) is 4.75. The Hall–Kier alpha value is -6.66. The van der Waals surface area contributed by atoms with Crippen molar-refractivity contribution < 1.29 is 8.83 Å². The van der Waals surface area contributed by atoms with E-state index in [2.05, 4.69) is 119 Å². The number of rotatable bonds is 6. The summed E-state index contributed by atoms with van der Waals surface area (Å²) in [4.78, 5) is 18.2. The van der Waals surface area contributed by atoms with Gasteiger partial charge in [0.25, 0.3) is 0 Å². The molecule has 0 unspecified atom stereocenters. The van der Waals surface area contributed by atoms with Crippen LogP contribution in [0.25, 0.3) is 88.8 Å². The van der Waals surface area contributed by atoms with Crippen LogP contribution in [0.2, 0.25) is 0 Å². The monoisotopic (exact) mass is 618 g/mol. The van der Waals surface area contributed by atoms with Crippen molar-refractivity contribution in [2.24, 2.45) is 0 Å². The second kappa shape index (κ2) is 11.6. The molecular formula is C42H26N4O2. The predicted molar refractivity (Wildman–Crippen MR) is 190 cm³/mol. The van der Waals surface area contributed by atoms with Crippen LogP contribution in [0.3, 0.4) is 0 Å². The molecule has 0 aliphatic heterocycles. The Morgan fingerprint density at radius 3 is 1.40 bits per heavy atom. The van der Waals surface area contributed by atoms with Gasteiger partial charge < -0.3 is 8.83 Å². The van der Waals surface area contributed by atoms with E-state index in [0.29, 0.717) is 11.4 Å². The number of hydrogen-bond donors (Lipinski definition) is 0. The zero-order valence-corrected chi connectivity index (χ0v) is 25.6. The number of benzene rings is 5. The van der Waals surface area contributed by atoms with Crippen molar-refractivity contribution in [2.75, 3.05) is 0 Å². The Kier molecular flexibility index (Phi) is 6.68. The lowest BCUT2D eigenvalue weighted by molar-refractivity contribution is 0.558. The summed E-state index contributed by atoms with van der Waals surface area (Å²) in [6, 6.07) is 42.8. The molecule has 0 amide bonds. The number of oxazole rings is 2. The molecule has 0 bridgehead atoms. The van der Waals surface area contributed by atoms with Crippen molar-refractivity contribution in [2.45, 2.75) is 0 Å². The highest BCUT2D eigenvalue weighted by atomic mass is 16.3. The molecule has 9 aromatic rings. The molecule has 0 aliphatic carbocycles. The maximum atomic E-state index is 5.22. The maximum absolute atomic E-state index is 5.22. The number of aromatic nitrogens is 4. The number of hydrogen-bond acceptors (Lipinski definition) is 6. The lowest BCUT2D eigenvalue weighted by Crippen LogP contribution is -1.94. The van der Waals surface area contributed by atoms with Crippen LogP contribution in [0.1, 0.15) is 0 Å². The Morgan fingerprint density at radius 2 is 0.854 bits per heavy atom. The van der Waals surface area contributed by atoms with Gasteiger partial charge in [0, 0.05) is 23.5 Å². The highest BCUT2D eigenvalue weighted by molar-refractivity contribution is 6.22. The third-order valence-corrected chi connectivity index (χ3v) is 8.84. The van der Waals surface area contributed by atoms with Crippen LogP contribution >= 0.6 is 0 Å². The first-order chi connectivity index (χ1) is 23.8. The first-order valence-corrected chi connectivity index (χ1v) is 15.6. The fourth-order valence-corrected chi connectivity index (χ4v) is 6.64. The van der Waals surface area contributed by atoms with Crippen LogP contribution in [0.5, 0.6) is 0 Å². The Balaban J connectivity index is 1.31. The first kappa shape index (κ1) is 27.6. The zero-order valence-electron chi connectivity index (χ0n) is 25.6. The summed E-state index contributed by atoms with van der Waals surface area (Å²) in [7, 11) is 0. The quantitative estimate of drug-likeness (QED) is 0.173. The molecular weight excluding hydrogens is 592 g/mol. The van der Waals surface area contributed by atoms with Gasteiger partial charge in [-0.25, -0.2) is 9.97 Å². The van der Waals surface area contributed by atoms with Crippen molar-refractivity contribution >= 4 is 21.5 Å². The molecule has 4 heterocycles. The minimum atomic E-state index is 0.702.